The Hall–Kier alpha value is -1.40. The summed E-state index contributed by atoms with van der Waals surface area (Å²) in [5.74, 6) is -0.201. The van der Waals surface area contributed by atoms with Crippen LogP contribution in [0.4, 0.5) is 4.39 Å². The third-order valence-corrected chi connectivity index (χ3v) is 3.20. The minimum absolute atomic E-state index is 0.00247. The molecule has 1 aliphatic heterocycles. The molecule has 84 valence electrons. The maximum atomic E-state index is 13.1. The van der Waals surface area contributed by atoms with Gasteiger partial charge in [-0.15, -0.1) is 0 Å². The van der Waals surface area contributed by atoms with Crippen molar-refractivity contribution in [2.24, 2.45) is 0 Å². The van der Waals surface area contributed by atoms with E-state index in [2.05, 4.69) is 11.0 Å². The minimum atomic E-state index is -0.201. The van der Waals surface area contributed by atoms with Crippen molar-refractivity contribution in [1.82, 2.24) is 4.90 Å². The van der Waals surface area contributed by atoms with E-state index in [0.29, 0.717) is 6.54 Å². The molecule has 0 spiro atoms. The molecule has 0 radical (unpaired) electrons. The first-order valence-corrected chi connectivity index (χ1v) is 5.59. The molecule has 1 heterocycles. The van der Waals surface area contributed by atoms with Crippen LogP contribution < -0.4 is 0 Å². The van der Waals surface area contributed by atoms with Gasteiger partial charge < -0.3 is 0 Å². The standard InChI is InChI=1S/C13H15FN2/c1-10-4-5-12(14)7-11(10)9-16-6-2-3-13(16)8-15/h4-5,7,13H,2-3,6,9H2,1H3. The van der Waals surface area contributed by atoms with Gasteiger partial charge in [0.25, 0.3) is 0 Å². The van der Waals surface area contributed by atoms with Crippen LogP contribution in [0.2, 0.25) is 0 Å². The highest BCUT2D eigenvalue weighted by atomic mass is 19.1. The van der Waals surface area contributed by atoms with Gasteiger partial charge in [0.1, 0.15) is 5.82 Å². The highest BCUT2D eigenvalue weighted by molar-refractivity contribution is 5.26. The van der Waals surface area contributed by atoms with Gasteiger partial charge in [-0.1, -0.05) is 6.07 Å². The average molecular weight is 218 g/mol. The Balaban J connectivity index is 2.14. The van der Waals surface area contributed by atoms with E-state index < -0.39 is 0 Å². The van der Waals surface area contributed by atoms with Gasteiger partial charge in [-0.2, -0.15) is 5.26 Å². The molecule has 0 aromatic heterocycles. The first kappa shape index (κ1) is 11.1. The molecule has 3 heteroatoms. The summed E-state index contributed by atoms with van der Waals surface area (Å²) in [5.41, 5.74) is 2.08. The van der Waals surface area contributed by atoms with Crippen LogP contribution in [0, 0.1) is 24.1 Å². The number of benzene rings is 1. The average Bonchev–Trinajstić information content (AvgIpc) is 2.71. The predicted molar refractivity (Wildman–Crippen MR) is 60.2 cm³/mol. The number of nitriles is 1. The number of rotatable bonds is 2. The fourth-order valence-electron chi connectivity index (χ4n) is 2.19. The molecule has 0 aliphatic carbocycles. The second-order valence-electron chi connectivity index (χ2n) is 4.33. The van der Waals surface area contributed by atoms with E-state index in [1.54, 1.807) is 12.1 Å². The molecule has 1 aliphatic rings. The van der Waals surface area contributed by atoms with E-state index in [-0.39, 0.29) is 11.9 Å². The molecular formula is C13H15FN2. The predicted octanol–water partition coefficient (Wildman–Crippen LogP) is 2.62. The summed E-state index contributed by atoms with van der Waals surface area (Å²) in [4.78, 5) is 2.13. The molecule has 1 aromatic rings. The minimum Gasteiger partial charge on any atom is -0.284 e. The normalized spacial score (nSPS) is 20.9. The SMILES string of the molecule is Cc1ccc(F)cc1CN1CCCC1C#N. The van der Waals surface area contributed by atoms with Gasteiger partial charge in [0.05, 0.1) is 12.1 Å². The largest absolute Gasteiger partial charge is 0.284 e. The second-order valence-corrected chi connectivity index (χ2v) is 4.33. The third-order valence-electron chi connectivity index (χ3n) is 3.20. The summed E-state index contributed by atoms with van der Waals surface area (Å²) in [6.07, 6.45) is 2.00. The molecule has 1 fully saturated rings. The van der Waals surface area contributed by atoms with Crippen LogP contribution in [-0.2, 0) is 6.54 Å². The fraction of sp³-hybridized carbons (Fsp3) is 0.462. The topological polar surface area (TPSA) is 27.0 Å². The highest BCUT2D eigenvalue weighted by Gasteiger charge is 2.24. The van der Waals surface area contributed by atoms with Crippen molar-refractivity contribution in [1.29, 1.82) is 5.26 Å². The Bertz CT molecular complexity index is 422. The number of aryl methyl sites for hydroxylation is 1. The van der Waals surface area contributed by atoms with Crippen LogP contribution in [0.1, 0.15) is 24.0 Å². The van der Waals surface area contributed by atoms with Gasteiger partial charge in [0, 0.05) is 6.54 Å². The summed E-state index contributed by atoms with van der Waals surface area (Å²) in [5, 5.41) is 8.97. The summed E-state index contributed by atoms with van der Waals surface area (Å²) < 4.78 is 13.1. The van der Waals surface area contributed by atoms with E-state index in [0.717, 1.165) is 30.5 Å². The quantitative estimate of drug-likeness (QED) is 0.763. The second kappa shape index (κ2) is 4.63. The molecule has 2 nitrogen and oxygen atoms in total. The van der Waals surface area contributed by atoms with E-state index in [1.807, 2.05) is 6.92 Å². The van der Waals surface area contributed by atoms with Crippen LogP contribution >= 0.6 is 0 Å². The van der Waals surface area contributed by atoms with Gasteiger partial charge >= 0.3 is 0 Å². The molecule has 0 amide bonds. The zero-order valence-electron chi connectivity index (χ0n) is 9.41. The Morgan fingerprint density at radius 1 is 1.56 bits per heavy atom. The molecule has 1 unspecified atom stereocenters. The van der Waals surface area contributed by atoms with Crippen molar-refractivity contribution in [2.75, 3.05) is 6.54 Å². The zero-order chi connectivity index (χ0) is 11.5. The molecular weight excluding hydrogens is 203 g/mol. The third kappa shape index (κ3) is 2.23. The Morgan fingerprint density at radius 2 is 2.38 bits per heavy atom. The molecule has 2 rings (SSSR count). The lowest BCUT2D eigenvalue weighted by atomic mass is 10.1. The maximum absolute atomic E-state index is 13.1. The lowest BCUT2D eigenvalue weighted by Crippen LogP contribution is -2.27. The van der Waals surface area contributed by atoms with Gasteiger partial charge in [0.15, 0.2) is 0 Å². The van der Waals surface area contributed by atoms with Crippen molar-refractivity contribution in [3.05, 3.63) is 35.1 Å². The van der Waals surface area contributed by atoms with E-state index in [9.17, 15) is 4.39 Å². The fourth-order valence-corrected chi connectivity index (χ4v) is 2.19. The van der Waals surface area contributed by atoms with Crippen LogP contribution in [0.3, 0.4) is 0 Å². The molecule has 1 aromatic carbocycles. The van der Waals surface area contributed by atoms with Crippen LogP contribution in [0.25, 0.3) is 0 Å². The maximum Gasteiger partial charge on any atom is 0.123 e. The summed E-state index contributed by atoms with van der Waals surface area (Å²) in [7, 11) is 0. The number of hydrogen-bond donors (Lipinski definition) is 0. The van der Waals surface area contributed by atoms with Crippen LogP contribution in [0.5, 0.6) is 0 Å². The lowest BCUT2D eigenvalue weighted by molar-refractivity contribution is 0.285. The molecule has 1 atom stereocenters. The van der Waals surface area contributed by atoms with E-state index >= 15 is 0 Å². The molecule has 0 bridgehead atoms. The number of halogens is 1. The first-order valence-electron chi connectivity index (χ1n) is 5.59. The van der Waals surface area contributed by atoms with Gasteiger partial charge in [0.2, 0.25) is 0 Å². The van der Waals surface area contributed by atoms with E-state index in [4.69, 9.17) is 5.26 Å². The number of nitrogens with zero attached hydrogens (tertiary/aromatic N) is 2. The molecule has 0 saturated carbocycles. The number of hydrogen-bond acceptors (Lipinski definition) is 2. The van der Waals surface area contributed by atoms with Crippen LogP contribution in [-0.4, -0.2) is 17.5 Å². The lowest BCUT2D eigenvalue weighted by Gasteiger charge is -2.20. The highest BCUT2D eigenvalue weighted by Crippen LogP contribution is 2.21. The van der Waals surface area contributed by atoms with Crippen molar-refractivity contribution < 1.29 is 4.39 Å². The molecule has 0 N–H and O–H groups in total. The van der Waals surface area contributed by atoms with Crippen molar-refractivity contribution in [3.8, 4) is 6.07 Å². The molecule has 16 heavy (non-hydrogen) atoms. The Labute approximate surface area is 95.3 Å². The smallest absolute Gasteiger partial charge is 0.123 e. The van der Waals surface area contributed by atoms with E-state index in [1.165, 1.54) is 6.07 Å². The van der Waals surface area contributed by atoms with Gasteiger partial charge in [-0.3, -0.25) is 4.90 Å². The van der Waals surface area contributed by atoms with Gasteiger partial charge in [-0.05, 0) is 49.6 Å². The van der Waals surface area contributed by atoms with Crippen molar-refractivity contribution >= 4 is 0 Å². The van der Waals surface area contributed by atoms with Crippen LogP contribution in [0.15, 0.2) is 18.2 Å². The summed E-state index contributed by atoms with van der Waals surface area (Å²) in [6, 6.07) is 7.15. The number of likely N-dealkylation sites (tertiary alicyclic amines) is 1. The van der Waals surface area contributed by atoms with Gasteiger partial charge in [-0.25, -0.2) is 4.39 Å². The summed E-state index contributed by atoms with van der Waals surface area (Å²) in [6.45, 7) is 3.60. The zero-order valence-corrected chi connectivity index (χ0v) is 9.41. The van der Waals surface area contributed by atoms with Crippen molar-refractivity contribution in [3.63, 3.8) is 0 Å². The monoisotopic (exact) mass is 218 g/mol. The Morgan fingerprint density at radius 3 is 3.12 bits per heavy atom. The summed E-state index contributed by atoms with van der Waals surface area (Å²) >= 11 is 0. The first-order chi connectivity index (χ1) is 7.70. The van der Waals surface area contributed by atoms with Crippen molar-refractivity contribution in [2.45, 2.75) is 32.4 Å². The Kier molecular flexibility index (Phi) is 3.21. The molecule has 1 saturated heterocycles.